The van der Waals surface area contributed by atoms with Gasteiger partial charge in [0.25, 0.3) is 0 Å². The Labute approximate surface area is 110 Å². The summed E-state index contributed by atoms with van der Waals surface area (Å²) in [7, 11) is 1.87. The van der Waals surface area contributed by atoms with Crippen LogP contribution < -0.4 is 4.74 Å². The Morgan fingerprint density at radius 3 is 2.83 bits per heavy atom. The highest BCUT2D eigenvalue weighted by molar-refractivity contribution is 7.99. The van der Waals surface area contributed by atoms with Crippen molar-refractivity contribution in [2.24, 2.45) is 7.05 Å². The molecule has 0 saturated carbocycles. The summed E-state index contributed by atoms with van der Waals surface area (Å²) in [5.41, 5.74) is 0. The molecule has 1 heterocycles. The van der Waals surface area contributed by atoms with Gasteiger partial charge in [0.2, 0.25) is 0 Å². The number of aromatic nitrogens is 3. The summed E-state index contributed by atoms with van der Waals surface area (Å²) >= 11 is 1.46. The van der Waals surface area contributed by atoms with Crippen molar-refractivity contribution < 1.29 is 9.84 Å². The molecule has 0 aliphatic heterocycles. The fourth-order valence-electron chi connectivity index (χ4n) is 1.33. The number of hydrogen-bond donors (Lipinski definition) is 1. The van der Waals surface area contributed by atoms with Crippen LogP contribution in [-0.4, -0.2) is 38.3 Å². The highest BCUT2D eigenvalue weighted by Crippen LogP contribution is 2.15. The van der Waals surface area contributed by atoms with E-state index < -0.39 is 6.10 Å². The molecule has 1 aromatic heterocycles. The van der Waals surface area contributed by atoms with E-state index in [-0.39, 0.29) is 6.61 Å². The number of nitrogens with zero attached hydrogens (tertiary/aromatic N) is 3. The predicted molar refractivity (Wildman–Crippen MR) is 69.7 cm³/mol. The quantitative estimate of drug-likeness (QED) is 0.799. The molecule has 1 atom stereocenters. The molecule has 0 unspecified atom stereocenters. The van der Waals surface area contributed by atoms with Crippen molar-refractivity contribution in [3.05, 3.63) is 36.7 Å². The van der Waals surface area contributed by atoms with E-state index in [1.165, 1.54) is 11.8 Å². The van der Waals surface area contributed by atoms with Gasteiger partial charge >= 0.3 is 0 Å². The number of para-hydroxylation sites is 1. The van der Waals surface area contributed by atoms with Crippen molar-refractivity contribution in [1.29, 1.82) is 0 Å². The van der Waals surface area contributed by atoms with Gasteiger partial charge in [0, 0.05) is 12.8 Å². The van der Waals surface area contributed by atoms with Crippen molar-refractivity contribution in [2.45, 2.75) is 11.3 Å². The molecule has 96 valence electrons. The van der Waals surface area contributed by atoms with E-state index in [1.807, 2.05) is 41.9 Å². The monoisotopic (exact) mass is 265 g/mol. The zero-order chi connectivity index (χ0) is 12.8. The van der Waals surface area contributed by atoms with Crippen LogP contribution in [0.15, 0.2) is 41.8 Å². The average molecular weight is 265 g/mol. The fraction of sp³-hybridized carbons (Fsp3) is 0.333. The molecule has 0 radical (unpaired) electrons. The van der Waals surface area contributed by atoms with Crippen LogP contribution in [0.3, 0.4) is 0 Å². The van der Waals surface area contributed by atoms with Gasteiger partial charge in [0.15, 0.2) is 5.16 Å². The molecule has 2 rings (SSSR count). The van der Waals surface area contributed by atoms with E-state index in [9.17, 15) is 5.11 Å². The van der Waals surface area contributed by atoms with Crippen molar-refractivity contribution in [2.75, 3.05) is 12.4 Å². The summed E-state index contributed by atoms with van der Waals surface area (Å²) in [4.78, 5) is 0. The third kappa shape index (κ3) is 3.75. The molecule has 5 nitrogen and oxygen atoms in total. The Bertz CT molecular complexity index is 475. The smallest absolute Gasteiger partial charge is 0.190 e. The van der Waals surface area contributed by atoms with E-state index in [1.54, 1.807) is 6.33 Å². The van der Waals surface area contributed by atoms with Crippen LogP contribution in [0.5, 0.6) is 5.75 Å². The third-order valence-electron chi connectivity index (χ3n) is 2.26. The first-order chi connectivity index (χ1) is 8.75. The second-order valence-electron chi connectivity index (χ2n) is 3.81. The second kappa shape index (κ2) is 6.42. The maximum Gasteiger partial charge on any atom is 0.190 e. The minimum Gasteiger partial charge on any atom is -0.491 e. The molecule has 0 bridgehead atoms. The lowest BCUT2D eigenvalue weighted by atomic mass is 10.3. The molecule has 0 amide bonds. The first kappa shape index (κ1) is 12.9. The molecule has 1 N–H and O–H groups in total. The number of aliphatic hydroxyl groups is 1. The zero-order valence-electron chi connectivity index (χ0n) is 10.1. The number of aliphatic hydroxyl groups excluding tert-OH is 1. The van der Waals surface area contributed by atoms with Crippen molar-refractivity contribution in [3.8, 4) is 5.75 Å². The molecule has 0 aliphatic carbocycles. The van der Waals surface area contributed by atoms with Gasteiger partial charge in [-0.2, -0.15) is 0 Å². The molecule has 2 aromatic rings. The number of hydrogen-bond acceptors (Lipinski definition) is 5. The van der Waals surface area contributed by atoms with E-state index >= 15 is 0 Å². The molecular formula is C12H15N3O2S. The Hall–Kier alpha value is -1.53. The van der Waals surface area contributed by atoms with Crippen LogP contribution in [0.1, 0.15) is 0 Å². The van der Waals surface area contributed by atoms with Crippen LogP contribution >= 0.6 is 11.8 Å². The minimum absolute atomic E-state index is 0.273. The van der Waals surface area contributed by atoms with Crippen LogP contribution in [0.4, 0.5) is 0 Å². The van der Waals surface area contributed by atoms with Gasteiger partial charge in [0.05, 0.1) is 6.10 Å². The van der Waals surface area contributed by atoms with Crippen LogP contribution in [0.25, 0.3) is 0 Å². The lowest BCUT2D eigenvalue weighted by Gasteiger charge is -2.11. The summed E-state index contributed by atoms with van der Waals surface area (Å²) in [5, 5.41) is 18.3. The number of aryl methyl sites for hydroxylation is 1. The van der Waals surface area contributed by atoms with E-state index in [0.717, 1.165) is 10.9 Å². The van der Waals surface area contributed by atoms with Gasteiger partial charge in [-0.15, -0.1) is 10.2 Å². The summed E-state index contributed by atoms with van der Waals surface area (Å²) in [6.07, 6.45) is 1.10. The van der Waals surface area contributed by atoms with Gasteiger partial charge < -0.3 is 14.4 Å². The molecule has 0 fully saturated rings. The topological polar surface area (TPSA) is 60.2 Å². The summed E-state index contributed by atoms with van der Waals surface area (Å²) in [5.74, 6) is 1.29. The Balaban J connectivity index is 1.73. The van der Waals surface area contributed by atoms with E-state index in [2.05, 4.69) is 10.2 Å². The average Bonchev–Trinajstić information content (AvgIpc) is 2.81. The molecule has 1 aromatic carbocycles. The molecular weight excluding hydrogens is 250 g/mol. The molecule has 0 spiro atoms. The van der Waals surface area contributed by atoms with Crippen LogP contribution in [0.2, 0.25) is 0 Å². The SMILES string of the molecule is Cn1cnnc1SC[C@@H](O)COc1ccccc1. The third-order valence-corrected chi connectivity index (χ3v) is 3.44. The van der Waals surface area contributed by atoms with Gasteiger partial charge in [-0.1, -0.05) is 30.0 Å². The summed E-state index contributed by atoms with van der Waals surface area (Å²) < 4.78 is 7.28. The first-order valence-electron chi connectivity index (χ1n) is 5.58. The van der Waals surface area contributed by atoms with E-state index in [0.29, 0.717) is 5.75 Å². The maximum atomic E-state index is 9.80. The van der Waals surface area contributed by atoms with Crippen LogP contribution in [-0.2, 0) is 7.05 Å². The maximum absolute atomic E-state index is 9.80. The standard InChI is InChI=1S/C12H15N3O2S/c1-15-9-13-14-12(15)18-8-10(16)7-17-11-5-3-2-4-6-11/h2-6,9-10,16H,7-8H2,1H3/t10-/m0/s1. The fourth-order valence-corrected chi connectivity index (χ4v) is 2.12. The van der Waals surface area contributed by atoms with Gasteiger partial charge in [-0.25, -0.2) is 0 Å². The van der Waals surface area contributed by atoms with Crippen LogP contribution in [0, 0.1) is 0 Å². The highest BCUT2D eigenvalue weighted by Gasteiger charge is 2.09. The number of thioether (sulfide) groups is 1. The lowest BCUT2D eigenvalue weighted by molar-refractivity contribution is 0.126. The molecule has 0 aliphatic rings. The van der Waals surface area contributed by atoms with Crippen molar-refractivity contribution >= 4 is 11.8 Å². The highest BCUT2D eigenvalue weighted by atomic mass is 32.2. The Morgan fingerprint density at radius 1 is 1.39 bits per heavy atom. The number of benzene rings is 1. The van der Waals surface area contributed by atoms with Crippen molar-refractivity contribution in [3.63, 3.8) is 0 Å². The summed E-state index contributed by atoms with van der Waals surface area (Å²) in [6.45, 7) is 0.273. The molecule has 0 saturated heterocycles. The van der Waals surface area contributed by atoms with E-state index in [4.69, 9.17) is 4.74 Å². The minimum atomic E-state index is -0.535. The number of ether oxygens (including phenoxy) is 1. The lowest BCUT2D eigenvalue weighted by Crippen LogP contribution is -2.20. The normalized spacial score (nSPS) is 12.3. The largest absolute Gasteiger partial charge is 0.491 e. The predicted octanol–water partition coefficient (Wildman–Crippen LogP) is 1.35. The zero-order valence-corrected chi connectivity index (χ0v) is 10.9. The molecule has 6 heteroatoms. The summed E-state index contributed by atoms with van der Waals surface area (Å²) in [6, 6.07) is 9.45. The Kier molecular flexibility index (Phi) is 4.60. The second-order valence-corrected chi connectivity index (χ2v) is 4.80. The van der Waals surface area contributed by atoms with Gasteiger partial charge in [-0.3, -0.25) is 0 Å². The van der Waals surface area contributed by atoms with Crippen molar-refractivity contribution in [1.82, 2.24) is 14.8 Å². The first-order valence-corrected chi connectivity index (χ1v) is 6.57. The van der Waals surface area contributed by atoms with Gasteiger partial charge in [-0.05, 0) is 12.1 Å². The van der Waals surface area contributed by atoms with Gasteiger partial charge in [0.1, 0.15) is 18.7 Å². The number of rotatable bonds is 6. The Morgan fingerprint density at radius 2 is 2.17 bits per heavy atom. The molecule has 18 heavy (non-hydrogen) atoms.